The minimum atomic E-state index is -9.30. The predicted molar refractivity (Wildman–Crippen MR) is 237 cm³/mol. The van der Waals surface area contributed by atoms with E-state index in [-0.39, 0.29) is 5.56 Å². The summed E-state index contributed by atoms with van der Waals surface area (Å²) in [5, 5.41) is 0. The summed E-state index contributed by atoms with van der Waals surface area (Å²) in [5.41, 5.74) is -0.277. The third kappa shape index (κ3) is 15.9. The maximum Gasteiger partial charge on any atom is 0.460 e. The molecular formula is C47H30BrF51O6. The van der Waals surface area contributed by atoms with E-state index in [1.807, 2.05) is 15.9 Å². The second-order valence-corrected chi connectivity index (χ2v) is 22.7. The Balaban J connectivity index is 4.14. The number of carbonyl (C=O) groups is 3. The van der Waals surface area contributed by atoms with Gasteiger partial charge in [0, 0.05) is 0 Å². The number of halogens is 52. The van der Waals surface area contributed by atoms with E-state index in [0.29, 0.717) is 0 Å². The van der Waals surface area contributed by atoms with Crippen LogP contribution in [0.25, 0.3) is 0 Å². The van der Waals surface area contributed by atoms with Crippen LogP contribution < -0.4 is 0 Å². The lowest BCUT2D eigenvalue weighted by Crippen LogP contribution is -2.74. The third-order valence-corrected chi connectivity index (χ3v) is 15.1. The summed E-state index contributed by atoms with van der Waals surface area (Å²) < 4.78 is 717. The van der Waals surface area contributed by atoms with E-state index in [9.17, 15) is 238 Å². The van der Waals surface area contributed by atoms with Crippen molar-refractivity contribution in [3.63, 3.8) is 0 Å². The van der Waals surface area contributed by atoms with Crippen LogP contribution in [0.3, 0.4) is 0 Å². The van der Waals surface area contributed by atoms with Crippen LogP contribution in [0.1, 0.15) is 56.9 Å². The van der Waals surface area contributed by atoms with Crippen LogP contribution in [0.4, 0.5) is 224 Å². The number of hydrogen-bond donors (Lipinski definition) is 0. The topological polar surface area (TPSA) is 78.9 Å². The largest absolute Gasteiger partial charge is 0.465 e. The molecule has 1 aromatic rings. The van der Waals surface area contributed by atoms with E-state index in [1.54, 1.807) is 0 Å². The maximum absolute atomic E-state index is 14.8. The molecule has 0 bridgehead atoms. The lowest BCUT2D eigenvalue weighted by Gasteiger charge is -2.42. The molecule has 618 valence electrons. The minimum Gasteiger partial charge on any atom is -0.465 e. The van der Waals surface area contributed by atoms with Gasteiger partial charge in [-0.25, -0.2) is 0 Å². The highest BCUT2D eigenvalue weighted by Crippen LogP contribution is 2.68. The predicted octanol–water partition coefficient (Wildman–Crippen LogP) is 20.8. The Kier molecular flexibility index (Phi) is 27.0. The second kappa shape index (κ2) is 29.1. The van der Waals surface area contributed by atoms with Gasteiger partial charge < -0.3 is 14.2 Å². The van der Waals surface area contributed by atoms with Gasteiger partial charge in [0.15, 0.2) is 0 Å². The maximum atomic E-state index is 14.8. The van der Waals surface area contributed by atoms with Gasteiger partial charge in [-0.2, -0.15) is 224 Å². The van der Waals surface area contributed by atoms with Crippen LogP contribution >= 0.6 is 15.9 Å². The second-order valence-electron chi connectivity index (χ2n) is 21.6. The molecular weight excluding hydrogens is 1710 g/mol. The van der Waals surface area contributed by atoms with Crippen LogP contribution in [0.5, 0.6) is 0 Å². The quantitative estimate of drug-likeness (QED) is 0.0286. The van der Waals surface area contributed by atoms with E-state index in [0.717, 1.165) is 37.3 Å². The molecule has 1 aromatic carbocycles. The van der Waals surface area contributed by atoms with Gasteiger partial charge in [-0.3, -0.25) is 14.4 Å². The van der Waals surface area contributed by atoms with Crippen molar-refractivity contribution in [2.75, 3.05) is 19.8 Å². The van der Waals surface area contributed by atoms with E-state index in [4.69, 9.17) is 0 Å². The van der Waals surface area contributed by atoms with Crippen molar-refractivity contribution >= 4 is 33.8 Å². The zero-order valence-electron chi connectivity index (χ0n) is 48.7. The SMILES string of the molecule is CC(CC(CC(CC(Br)C(=O)OCCC(F)(F)C(F)(F)C(F)(F)C(F)(F)C(F)(F)C(F)(F)C(F)(F)C(F)(F)F)C(=O)OCCC(F)(F)C(F)(F)C(F)(F)C(F)(F)C(F)(F)C(F)(F)C(F)(F)C(F)(F)F)C(=O)OCCC(F)(F)C(F)(F)C(F)(F)C(F)(F)C(F)(F)C(F)(F)C(F)(F)C(F)(F)F)c1ccccc1. The zero-order valence-corrected chi connectivity index (χ0v) is 50.2. The van der Waals surface area contributed by atoms with Gasteiger partial charge in [0.1, 0.15) is 4.83 Å². The highest BCUT2D eigenvalue weighted by Gasteiger charge is 2.99. The summed E-state index contributed by atoms with van der Waals surface area (Å²) in [4.78, 5) is 36.6. The molecule has 4 unspecified atom stereocenters. The highest BCUT2D eigenvalue weighted by atomic mass is 79.9. The van der Waals surface area contributed by atoms with Crippen LogP contribution in [-0.4, -0.2) is 185 Å². The standard InChI is InChI=1S/C47H30BrF51O6/c1-16(17-5-3-2-4-6-17)13-18(21(100)103-10-7-24(49,50)27(55,56)30(61,62)33(67,68)36(73,74)39(79,80)42(85,86)45(91,92)93)14-19(22(101)104-11-8-25(51,52)28(57,58)31(63,64)34(69,70)37(75,76)40(81,82)43(87,88)46(94,95)96)15-20(48)23(102)105-12-9-26(53,54)29(59,60)32(65,66)35(71,72)38(77,78)41(83,84)44(89,90)47(97,98)99/h2-6,16,18-20H,7-15H2,1H3. The van der Waals surface area contributed by atoms with Crippen molar-refractivity contribution in [2.24, 2.45) is 11.8 Å². The molecule has 0 fully saturated rings. The molecule has 0 aliphatic carbocycles. The number of benzene rings is 1. The fraction of sp³-hybridized carbons (Fsp3) is 0.809. The smallest absolute Gasteiger partial charge is 0.460 e. The third-order valence-electron chi connectivity index (χ3n) is 14.3. The van der Waals surface area contributed by atoms with E-state index >= 15 is 0 Å². The number of esters is 3. The normalized spacial score (nSPS) is 16.9. The molecule has 0 radical (unpaired) electrons. The lowest BCUT2D eigenvalue weighted by molar-refractivity contribution is -0.461. The molecule has 0 saturated heterocycles. The van der Waals surface area contributed by atoms with Gasteiger partial charge in [0.05, 0.1) is 50.9 Å². The van der Waals surface area contributed by atoms with Gasteiger partial charge in [0.2, 0.25) is 0 Å². The first-order chi connectivity index (χ1) is 45.5. The molecule has 0 aromatic heterocycles. The Labute approximate surface area is 553 Å². The van der Waals surface area contributed by atoms with E-state index < -0.39 is 242 Å². The molecule has 0 amide bonds. The fourth-order valence-corrected chi connectivity index (χ4v) is 8.42. The van der Waals surface area contributed by atoms with Crippen LogP contribution in [0.15, 0.2) is 30.3 Å². The van der Waals surface area contributed by atoms with Crippen molar-refractivity contribution in [3.05, 3.63) is 35.9 Å². The average molecular weight is 1740 g/mol. The Morgan fingerprint density at radius 3 is 0.686 bits per heavy atom. The summed E-state index contributed by atoms with van der Waals surface area (Å²) in [6, 6.07) is 4.85. The molecule has 0 N–H and O–H groups in total. The zero-order chi connectivity index (χ0) is 84.6. The number of ether oxygens (including phenoxy) is 3. The Morgan fingerprint density at radius 1 is 0.276 bits per heavy atom. The summed E-state index contributed by atoms with van der Waals surface area (Å²) in [5.74, 6) is -200. The first-order valence-electron chi connectivity index (χ1n) is 25.8. The summed E-state index contributed by atoms with van der Waals surface area (Å²) in [6.07, 6.45) is -41.8. The molecule has 0 aliphatic heterocycles. The number of rotatable bonds is 37. The molecule has 0 aliphatic rings. The Hall–Kier alpha value is -5.46. The molecule has 105 heavy (non-hydrogen) atoms. The molecule has 4 atom stereocenters. The first-order valence-corrected chi connectivity index (χ1v) is 26.8. The van der Waals surface area contributed by atoms with Gasteiger partial charge in [0.25, 0.3) is 0 Å². The molecule has 6 nitrogen and oxygen atoms in total. The number of hydrogen-bond acceptors (Lipinski definition) is 6. The fourth-order valence-electron chi connectivity index (χ4n) is 7.84. The van der Waals surface area contributed by atoms with Crippen molar-refractivity contribution in [1.29, 1.82) is 0 Å². The molecule has 0 heterocycles. The minimum absolute atomic E-state index is 0.277. The van der Waals surface area contributed by atoms with Crippen LogP contribution in [0.2, 0.25) is 0 Å². The molecule has 0 spiro atoms. The van der Waals surface area contributed by atoms with Gasteiger partial charge in [-0.1, -0.05) is 53.2 Å². The Bertz CT molecular complexity index is 3130. The average Bonchev–Trinajstić information content (AvgIpc) is 0.707. The molecule has 0 saturated carbocycles. The Morgan fingerprint density at radius 2 is 0.467 bits per heavy atom. The summed E-state index contributed by atoms with van der Waals surface area (Å²) in [6.45, 7) is -8.30. The highest BCUT2D eigenvalue weighted by molar-refractivity contribution is 9.10. The van der Waals surface area contributed by atoms with E-state index in [1.165, 1.54) is 0 Å². The van der Waals surface area contributed by atoms with Crippen LogP contribution in [-0.2, 0) is 28.6 Å². The van der Waals surface area contributed by atoms with Crippen molar-refractivity contribution < 1.29 is 253 Å². The van der Waals surface area contributed by atoms with Gasteiger partial charge in [-0.05, 0) is 30.7 Å². The molecule has 1 rings (SSSR count). The first kappa shape index (κ1) is 97.6. The van der Waals surface area contributed by atoms with E-state index in [2.05, 4.69) is 14.2 Å². The van der Waals surface area contributed by atoms with Gasteiger partial charge >= 0.3 is 161 Å². The van der Waals surface area contributed by atoms with Gasteiger partial charge in [-0.15, -0.1) is 0 Å². The lowest BCUT2D eigenvalue weighted by atomic mass is 9.83. The van der Waals surface area contributed by atoms with Crippen molar-refractivity contribution in [1.82, 2.24) is 0 Å². The summed E-state index contributed by atoms with van der Waals surface area (Å²) in [7, 11) is 0. The molecule has 58 heteroatoms. The van der Waals surface area contributed by atoms with Crippen LogP contribution in [0, 0.1) is 11.8 Å². The van der Waals surface area contributed by atoms with Crippen molar-refractivity contribution in [3.8, 4) is 0 Å². The van der Waals surface area contributed by atoms with Crippen molar-refractivity contribution in [2.45, 2.75) is 199 Å². The monoisotopic (exact) mass is 1740 g/mol. The summed E-state index contributed by atoms with van der Waals surface area (Å²) >= 11 is 1.96. The number of carbonyl (C=O) groups excluding carboxylic acids is 3. The number of alkyl halides is 52.